The van der Waals surface area contributed by atoms with Crippen LogP contribution in [0.15, 0.2) is 36.4 Å². The first-order valence-electron chi connectivity index (χ1n) is 9.68. The summed E-state index contributed by atoms with van der Waals surface area (Å²) in [5, 5.41) is 5.03. The number of methoxy groups -OCH3 is 3. The van der Waals surface area contributed by atoms with Gasteiger partial charge in [0.25, 0.3) is 11.8 Å². The Balaban J connectivity index is 1.88. The van der Waals surface area contributed by atoms with Crippen molar-refractivity contribution < 1.29 is 38.1 Å². The van der Waals surface area contributed by atoms with E-state index in [0.717, 1.165) is 0 Å². The number of nitrogens with one attached hydrogen (secondary N) is 2. The van der Waals surface area contributed by atoms with Crippen molar-refractivity contribution in [1.82, 2.24) is 5.32 Å². The van der Waals surface area contributed by atoms with Crippen LogP contribution in [0.3, 0.4) is 0 Å². The largest absolute Gasteiger partial charge is 0.493 e. The second kappa shape index (κ2) is 12.0. The van der Waals surface area contributed by atoms with E-state index in [2.05, 4.69) is 10.6 Å². The highest BCUT2D eigenvalue weighted by molar-refractivity contribution is 5.98. The van der Waals surface area contributed by atoms with Crippen molar-refractivity contribution in [3.05, 3.63) is 42.0 Å². The molecule has 0 aliphatic rings. The van der Waals surface area contributed by atoms with Gasteiger partial charge in [0.1, 0.15) is 12.3 Å². The maximum atomic E-state index is 12.4. The third kappa shape index (κ3) is 6.53. The van der Waals surface area contributed by atoms with Gasteiger partial charge in [-0.05, 0) is 31.2 Å². The number of amides is 2. The summed E-state index contributed by atoms with van der Waals surface area (Å²) < 4.78 is 25.9. The van der Waals surface area contributed by atoms with Crippen molar-refractivity contribution in [1.29, 1.82) is 0 Å². The molecular weight excluding hydrogens is 420 g/mol. The highest BCUT2D eigenvalue weighted by Gasteiger charge is 2.18. The lowest BCUT2D eigenvalue weighted by Crippen LogP contribution is -2.32. The molecule has 0 bridgehead atoms. The number of anilines is 1. The van der Waals surface area contributed by atoms with Crippen LogP contribution in [0.5, 0.6) is 23.0 Å². The predicted molar refractivity (Wildman–Crippen MR) is 116 cm³/mol. The molecule has 0 aromatic heterocycles. The zero-order valence-electron chi connectivity index (χ0n) is 18.4. The molecule has 0 aliphatic carbocycles. The minimum atomic E-state index is -0.779. The maximum absolute atomic E-state index is 12.4. The summed E-state index contributed by atoms with van der Waals surface area (Å²) in [5.41, 5.74) is 0.656. The summed E-state index contributed by atoms with van der Waals surface area (Å²) >= 11 is 0. The second-order valence-corrected chi connectivity index (χ2v) is 6.23. The molecule has 2 aromatic carbocycles. The first-order chi connectivity index (χ1) is 15.4. The number of esters is 1. The molecule has 2 rings (SSSR count). The van der Waals surface area contributed by atoms with Gasteiger partial charge in [0, 0.05) is 5.56 Å². The zero-order valence-corrected chi connectivity index (χ0v) is 18.4. The fourth-order valence-corrected chi connectivity index (χ4v) is 2.70. The molecule has 0 aliphatic heterocycles. The molecule has 0 spiro atoms. The lowest BCUT2D eigenvalue weighted by Gasteiger charge is -2.14. The van der Waals surface area contributed by atoms with Crippen molar-refractivity contribution >= 4 is 23.5 Å². The van der Waals surface area contributed by atoms with Crippen LogP contribution in [0.1, 0.15) is 17.3 Å². The summed E-state index contributed by atoms with van der Waals surface area (Å²) in [5.74, 6) is -0.445. The van der Waals surface area contributed by atoms with Crippen molar-refractivity contribution in [2.24, 2.45) is 0 Å². The minimum Gasteiger partial charge on any atom is -0.493 e. The van der Waals surface area contributed by atoms with Crippen LogP contribution >= 0.6 is 0 Å². The molecule has 2 N–H and O–H groups in total. The number of ether oxygens (including phenoxy) is 5. The molecule has 0 heterocycles. The molecule has 10 heteroatoms. The van der Waals surface area contributed by atoms with Gasteiger partial charge in [-0.3, -0.25) is 14.4 Å². The fraction of sp³-hybridized carbons (Fsp3) is 0.318. The molecule has 172 valence electrons. The summed E-state index contributed by atoms with van der Waals surface area (Å²) in [6, 6.07) is 9.79. The normalized spacial score (nSPS) is 10.0. The quantitative estimate of drug-likeness (QED) is 0.503. The number of carbonyl (C=O) groups is 3. The van der Waals surface area contributed by atoms with E-state index in [0.29, 0.717) is 35.3 Å². The number of hydrogen-bond acceptors (Lipinski definition) is 8. The molecule has 2 amide bonds. The van der Waals surface area contributed by atoms with E-state index >= 15 is 0 Å². The third-order valence-electron chi connectivity index (χ3n) is 4.15. The van der Waals surface area contributed by atoms with E-state index in [1.165, 1.54) is 33.5 Å². The Labute approximate surface area is 185 Å². The van der Waals surface area contributed by atoms with Gasteiger partial charge in [0.15, 0.2) is 18.1 Å². The molecule has 0 unspecified atom stereocenters. The molecule has 0 radical (unpaired) electrons. The Bertz CT molecular complexity index is 936. The molecule has 0 saturated carbocycles. The Morgan fingerprint density at radius 2 is 1.56 bits per heavy atom. The summed E-state index contributed by atoms with van der Waals surface area (Å²) in [6.07, 6.45) is 0. The number of rotatable bonds is 11. The first-order valence-corrected chi connectivity index (χ1v) is 9.68. The van der Waals surface area contributed by atoms with Crippen LogP contribution in [0.2, 0.25) is 0 Å². The molecular formula is C22H26N2O8. The number of benzene rings is 2. The third-order valence-corrected chi connectivity index (χ3v) is 4.15. The summed E-state index contributed by atoms with van der Waals surface area (Å²) in [6.45, 7) is 1.32. The lowest BCUT2D eigenvalue weighted by atomic mass is 10.1. The Morgan fingerprint density at radius 1 is 0.906 bits per heavy atom. The van der Waals surface area contributed by atoms with Gasteiger partial charge in [-0.15, -0.1) is 0 Å². The smallest absolute Gasteiger partial charge is 0.325 e. The average molecular weight is 446 g/mol. The van der Waals surface area contributed by atoms with E-state index in [4.69, 9.17) is 23.7 Å². The van der Waals surface area contributed by atoms with E-state index in [9.17, 15) is 14.4 Å². The van der Waals surface area contributed by atoms with Crippen molar-refractivity contribution in [2.45, 2.75) is 6.92 Å². The highest BCUT2D eigenvalue weighted by Crippen LogP contribution is 2.38. The summed E-state index contributed by atoms with van der Waals surface area (Å²) in [7, 11) is 4.30. The molecule has 0 fully saturated rings. The topological polar surface area (TPSA) is 121 Å². The lowest BCUT2D eigenvalue weighted by molar-refractivity contribution is -0.146. The molecule has 0 saturated heterocycles. The standard InChI is InChI=1S/C22H26N2O8/c1-5-31-16-9-7-6-8-15(16)24-19(25)13-32-20(26)12-23-22(27)14-10-17(28-2)21(30-4)18(11-14)29-3/h6-11H,5,12-13H2,1-4H3,(H,23,27)(H,24,25). The van der Waals surface area contributed by atoms with Crippen molar-refractivity contribution in [3.8, 4) is 23.0 Å². The average Bonchev–Trinajstić information content (AvgIpc) is 2.81. The zero-order chi connectivity index (χ0) is 23.5. The highest BCUT2D eigenvalue weighted by atomic mass is 16.5. The van der Waals surface area contributed by atoms with E-state index in [1.54, 1.807) is 24.3 Å². The number of carbonyl (C=O) groups excluding carboxylic acids is 3. The number of para-hydroxylation sites is 2. The Hall–Kier alpha value is -3.95. The van der Waals surface area contributed by atoms with Crippen molar-refractivity contribution in [2.75, 3.05) is 46.4 Å². The predicted octanol–water partition coefficient (Wildman–Crippen LogP) is 2.02. The SMILES string of the molecule is CCOc1ccccc1NC(=O)COC(=O)CNC(=O)c1cc(OC)c(OC)c(OC)c1. The van der Waals surface area contributed by atoms with Gasteiger partial charge in [-0.2, -0.15) is 0 Å². The fourth-order valence-electron chi connectivity index (χ4n) is 2.70. The maximum Gasteiger partial charge on any atom is 0.325 e. The van der Waals surface area contributed by atoms with E-state index < -0.39 is 30.9 Å². The van der Waals surface area contributed by atoms with Crippen LogP contribution in [-0.4, -0.2) is 58.9 Å². The van der Waals surface area contributed by atoms with Gasteiger partial charge in [0.2, 0.25) is 5.75 Å². The second-order valence-electron chi connectivity index (χ2n) is 6.23. The van der Waals surface area contributed by atoms with E-state index in [-0.39, 0.29) is 5.56 Å². The molecule has 10 nitrogen and oxygen atoms in total. The minimum absolute atomic E-state index is 0.192. The van der Waals surface area contributed by atoms with Crippen LogP contribution in [-0.2, 0) is 14.3 Å². The number of hydrogen-bond donors (Lipinski definition) is 2. The Kier molecular flexibility index (Phi) is 9.15. The van der Waals surface area contributed by atoms with Gasteiger partial charge < -0.3 is 34.3 Å². The van der Waals surface area contributed by atoms with Crippen LogP contribution in [0.4, 0.5) is 5.69 Å². The van der Waals surface area contributed by atoms with Gasteiger partial charge in [-0.25, -0.2) is 0 Å². The molecule has 0 atom stereocenters. The molecule has 2 aromatic rings. The van der Waals surface area contributed by atoms with Gasteiger partial charge in [-0.1, -0.05) is 12.1 Å². The molecule has 32 heavy (non-hydrogen) atoms. The van der Waals surface area contributed by atoms with Crippen LogP contribution in [0.25, 0.3) is 0 Å². The van der Waals surface area contributed by atoms with Crippen LogP contribution in [0, 0.1) is 0 Å². The van der Waals surface area contributed by atoms with Gasteiger partial charge >= 0.3 is 5.97 Å². The first kappa shape index (κ1) is 24.3. The van der Waals surface area contributed by atoms with E-state index in [1.807, 2.05) is 6.92 Å². The summed E-state index contributed by atoms with van der Waals surface area (Å²) in [4.78, 5) is 36.4. The Morgan fingerprint density at radius 3 is 2.16 bits per heavy atom. The van der Waals surface area contributed by atoms with Crippen molar-refractivity contribution in [3.63, 3.8) is 0 Å². The monoisotopic (exact) mass is 446 g/mol. The van der Waals surface area contributed by atoms with Gasteiger partial charge in [0.05, 0.1) is 33.6 Å². The van der Waals surface area contributed by atoms with Crippen LogP contribution < -0.4 is 29.6 Å².